The van der Waals surface area contributed by atoms with Crippen LogP contribution in [0, 0.1) is 25.1 Å². The first-order valence-corrected chi connectivity index (χ1v) is 11.3. The van der Waals surface area contributed by atoms with Crippen molar-refractivity contribution in [3.8, 4) is 5.75 Å². The predicted octanol–water partition coefficient (Wildman–Crippen LogP) is 6.52. The zero-order valence-corrected chi connectivity index (χ0v) is 20.1. The Bertz CT molecular complexity index is 1160. The van der Waals surface area contributed by atoms with Gasteiger partial charge in [0.05, 0.1) is 6.61 Å². The third-order valence-corrected chi connectivity index (χ3v) is 5.65. The molecule has 3 aromatic carbocycles. The molecule has 0 bridgehead atoms. The summed E-state index contributed by atoms with van der Waals surface area (Å²) in [5.74, 6) is 0.0287. The molecular weight excluding hydrogens is 431 g/mol. The van der Waals surface area contributed by atoms with E-state index in [4.69, 9.17) is 4.74 Å². The molecule has 3 rings (SSSR count). The average molecular weight is 463 g/mol. The lowest BCUT2D eigenvalue weighted by Gasteiger charge is -2.24. The van der Waals surface area contributed by atoms with Crippen LogP contribution in [0.2, 0.25) is 0 Å². The quantitative estimate of drug-likeness (QED) is 0.356. The third-order valence-electron chi connectivity index (χ3n) is 5.65. The van der Waals surface area contributed by atoms with Crippen molar-refractivity contribution in [2.24, 2.45) is 5.41 Å². The van der Waals surface area contributed by atoms with Gasteiger partial charge in [-0.15, -0.1) is 0 Å². The van der Waals surface area contributed by atoms with Gasteiger partial charge in [-0.05, 0) is 86.3 Å². The van der Waals surface area contributed by atoms with Crippen molar-refractivity contribution >= 4 is 23.2 Å². The topological polar surface area (TPSA) is 67.4 Å². The lowest BCUT2D eigenvalue weighted by Crippen LogP contribution is -2.31. The summed E-state index contributed by atoms with van der Waals surface area (Å²) < 4.78 is 19.0. The molecule has 0 saturated carbocycles. The second kappa shape index (κ2) is 11.0. The summed E-state index contributed by atoms with van der Waals surface area (Å²) in [5.41, 5.74) is 3.04. The van der Waals surface area contributed by atoms with Gasteiger partial charge in [-0.25, -0.2) is 4.39 Å². The Hall–Kier alpha value is -3.67. The lowest BCUT2D eigenvalue weighted by molar-refractivity contribution is -0.124. The highest BCUT2D eigenvalue weighted by molar-refractivity contribution is 6.05. The van der Waals surface area contributed by atoms with E-state index < -0.39 is 5.41 Å². The Labute approximate surface area is 200 Å². The Balaban J connectivity index is 1.53. The van der Waals surface area contributed by atoms with Crippen LogP contribution in [0.4, 0.5) is 15.8 Å². The van der Waals surface area contributed by atoms with Gasteiger partial charge < -0.3 is 15.4 Å². The summed E-state index contributed by atoms with van der Waals surface area (Å²) >= 11 is 0. The number of anilines is 2. The SMILES string of the molecule is Cc1ccc(C)c(OCCCC(C)(C)C(=O)Nc2cccc(C(=O)Nc3ccc(F)cc3)c2)c1. The number of benzene rings is 3. The van der Waals surface area contributed by atoms with Crippen LogP contribution in [0.3, 0.4) is 0 Å². The van der Waals surface area contributed by atoms with Crippen molar-refractivity contribution in [1.82, 2.24) is 0 Å². The van der Waals surface area contributed by atoms with Crippen molar-refractivity contribution in [3.05, 3.63) is 89.2 Å². The summed E-state index contributed by atoms with van der Waals surface area (Å²) in [6.07, 6.45) is 1.38. The molecule has 3 aromatic rings. The van der Waals surface area contributed by atoms with Gasteiger partial charge in [-0.1, -0.05) is 32.0 Å². The number of rotatable bonds is 9. The highest BCUT2D eigenvalue weighted by atomic mass is 19.1. The number of halogens is 1. The maximum absolute atomic E-state index is 13.1. The normalized spacial score (nSPS) is 11.1. The molecule has 2 N–H and O–H groups in total. The monoisotopic (exact) mass is 462 g/mol. The van der Waals surface area contributed by atoms with Crippen LogP contribution >= 0.6 is 0 Å². The van der Waals surface area contributed by atoms with Gasteiger partial charge in [-0.3, -0.25) is 9.59 Å². The van der Waals surface area contributed by atoms with E-state index in [0.717, 1.165) is 23.3 Å². The molecule has 0 unspecified atom stereocenters. The van der Waals surface area contributed by atoms with E-state index in [2.05, 4.69) is 16.7 Å². The van der Waals surface area contributed by atoms with E-state index in [9.17, 15) is 14.0 Å². The molecule has 0 heterocycles. The van der Waals surface area contributed by atoms with Gasteiger partial charge in [-0.2, -0.15) is 0 Å². The Morgan fingerprint density at radius 2 is 1.65 bits per heavy atom. The highest BCUT2D eigenvalue weighted by Gasteiger charge is 2.27. The van der Waals surface area contributed by atoms with Crippen LogP contribution in [0.1, 0.15) is 48.2 Å². The second-order valence-corrected chi connectivity index (χ2v) is 9.10. The first-order valence-electron chi connectivity index (χ1n) is 11.3. The van der Waals surface area contributed by atoms with Crippen molar-refractivity contribution in [3.63, 3.8) is 0 Å². The number of nitrogens with one attached hydrogen (secondary N) is 2. The summed E-state index contributed by atoms with van der Waals surface area (Å²) in [7, 11) is 0. The number of carbonyl (C=O) groups is 2. The highest BCUT2D eigenvalue weighted by Crippen LogP contribution is 2.26. The molecule has 0 fully saturated rings. The number of amides is 2. The van der Waals surface area contributed by atoms with E-state index in [1.807, 2.05) is 39.8 Å². The van der Waals surface area contributed by atoms with Crippen LogP contribution in [-0.2, 0) is 4.79 Å². The summed E-state index contributed by atoms with van der Waals surface area (Å²) in [6, 6.07) is 18.4. The molecule has 178 valence electrons. The van der Waals surface area contributed by atoms with Gasteiger partial charge in [0.2, 0.25) is 5.91 Å². The molecule has 6 heteroatoms. The molecule has 5 nitrogen and oxygen atoms in total. The second-order valence-electron chi connectivity index (χ2n) is 9.10. The number of carbonyl (C=O) groups excluding carboxylic acids is 2. The number of hydrogen-bond acceptors (Lipinski definition) is 3. The fourth-order valence-corrected chi connectivity index (χ4v) is 3.45. The van der Waals surface area contributed by atoms with Crippen LogP contribution in [0.15, 0.2) is 66.7 Å². The van der Waals surface area contributed by atoms with E-state index in [0.29, 0.717) is 30.0 Å². The van der Waals surface area contributed by atoms with Gasteiger partial charge in [0.25, 0.3) is 5.91 Å². The zero-order valence-electron chi connectivity index (χ0n) is 20.1. The van der Waals surface area contributed by atoms with E-state index in [1.165, 1.54) is 24.3 Å². The lowest BCUT2D eigenvalue weighted by atomic mass is 9.87. The van der Waals surface area contributed by atoms with Gasteiger partial charge in [0, 0.05) is 22.4 Å². The first kappa shape index (κ1) is 25.0. The maximum atomic E-state index is 13.1. The zero-order chi connectivity index (χ0) is 24.7. The third kappa shape index (κ3) is 6.91. The number of ether oxygens (including phenoxy) is 1. The fourth-order valence-electron chi connectivity index (χ4n) is 3.45. The molecule has 0 aliphatic heterocycles. The minimum atomic E-state index is -0.614. The molecule has 0 spiro atoms. The Morgan fingerprint density at radius 1 is 0.912 bits per heavy atom. The van der Waals surface area contributed by atoms with E-state index in [-0.39, 0.29) is 17.6 Å². The van der Waals surface area contributed by atoms with Crippen LogP contribution in [-0.4, -0.2) is 18.4 Å². The summed E-state index contributed by atoms with van der Waals surface area (Å²) in [4.78, 5) is 25.5. The maximum Gasteiger partial charge on any atom is 0.255 e. The average Bonchev–Trinajstić information content (AvgIpc) is 2.80. The molecule has 2 amide bonds. The number of hydrogen-bond donors (Lipinski definition) is 2. The van der Waals surface area contributed by atoms with Crippen molar-refractivity contribution in [1.29, 1.82) is 0 Å². The summed E-state index contributed by atoms with van der Waals surface area (Å²) in [6.45, 7) is 8.36. The van der Waals surface area contributed by atoms with E-state index in [1.54, 1.807) is 24.3 Å². The smallest absolute Gasteiger partial charge is 0.255 e. The Kier molecular flexibility index (Phi) is 8.05. The first-order chi connectivity index (χ1) is 16.1. The predicted molar refractivity (Wildman–Crippen MR) is 134 cm³/mol. The van der Waals surface area contributed by atoms with Gasteiger partial charge in [0.1, 0.15) is 11.6 Å². The molecule has 0 atom stereocenters. The fraction of sp³-hybridized carbons (Fsp3) is 0.286. The van der Waals surface area contributed by atoms with Crippen LogP contribution in [0.5, 0.6) is 5.75 Å². The standard InChI is InChI=1S/C28H31FN2O3/c1-19-9-10-20(2)25(17-19)34-16-6-15-28(3,4)27(33)31-24-8-5-7-21(18-24)26(32)30-23-13-11-22(29)12-14-23/h5,7-14,17-18H,6,15-16H2,1-4H3,(H,30,32)(H,31,33). The van der Waals surface area contributed by atoms with Crippen LogP contribution in [0.25, 0.3) is 0 Å². The summed E-state index contributed by atoms with van der Waals surface area (Å²) in [5, 5.41) is 5.63. The number of aryl methyl sites for hydroxylation is 2. The molecule has 0 aromatic heterocycles. The molecule has 0 radical (unpaired) electrons. The van der Waals surface area contributed by atoms with Crippen LogP contribution < -0.4 is 15.4 Å². The Morgan fingerprint density at radius 3 is 2.38 bits per heavy atom. The largest absolute Gasteiger partial charge is 0.493 e. The van der Waals surface area contributed by atoms with E-state index >= 15 is 0 Å². The minimum Gasteiger partial charge on any atom is -0.493 e. The molecule has 34 heavy (non-hydrogen) atoms. The minimum absolute atomic E-state index is 0.129. The van der Waals surface area contributed by atoms with Gasteiger partial charge >= 0.3 is 0 Å². The van der Waals surface area contributed by atoms with Crippen molar-refractivity contribution in [2.75, 3.05) is 17.2 Å². The molecule has 0 saturated heterocycles. The molecule has 0 aliphatic carbocycles. The molecule has 0 aliphatic rings. The van der Waals surface area contributed by atoms with Gasteiger partial charge in [0.15, 0.2) is 0 Å². The van der Waals surface area contributed by atoms with Crippen molar-refractivity contribution < 1.29 is 18.7 Å². The van der Waals surface area contributed by atoms with Crippen molar-refractivity contribution in [2.45, 2.75) is 40.5 Å². The molecular formula is C28H31FN2O3.